The van der Waals surface area contributed by atoms with Crippen molar-refractivity contribution in [1.82, 2.24) is 14.7 Å². The number of rotatable bonds is 2. The van der Waals surface area contributed by atoms with E-state index in [1.54, 1.807) is 0 Å². The van der Waals surface area contributed by atoms with Crippen LogP contribution in [0.2, 0.25) is 5.15 Å². The van der Waals surface area contributed by atoms with Gasteiger partial charge in [0.25, 0.3) is 0 Å². The molecule has 0 amide bonds. The van der Waals surface area contributed by atoms with Gasteiger partial charge in [-0.3, -0.25) is 0 Å². The fraction of sp³-hybridized carbons (Fsp3) is 0.300. The number of aryl methyl sites for hydroxylation is 1. The summed E-state index contributed by atoms with van der Waals surface area (Å²) >= 11 is 6.06. The third-order valence-electron chi connectivity index (χ3n) is 2.23. The zero-order chi connectivity index (χ0) is 10.1. The maximum absolute atomic E-state index is 6.06. The van der Waals surface area contributed by atoms with Gasteiger partial charge in [0.2, 0.25) is 0 Å². The SMILES string of the molecule is CNCc1nc(Cl)c2c(C)cccn12. The minimum absolute atomic E-state index is 0.577. The van der Waals surface area contributed by atoms with E-state index in [2.05, 4.69) is 10.3 Å². The highest BCUT2D eigenvalue weighted by Gasteiger charge is 2.09. The summed E-state index contributed by atoms with van der Waals surface area (Å²) in [6.07, 6.45) is 1.98. The van der Waals surface area contributed by atoms with E-state index in [0.29, 0.717) is 5.15 Å². The second kappa shape index (κ2) is 3.59. The second-order valence-corrected chi connectivity index (χ2v) is 3.62. The predicted octanol–water partition coefficient (Wildman–Crippen LogP) is 2.02. The summed E-state index contributed by atoms with van der Waals surface area (Å²) < 4.78 is 2.02. The van der Waals surface area contributed by atoms with Gasteiger partial charge >= 0.3 is 0 Å². The number of pyridine rings is 1. The Morgan fingerprint density at radius 1 is 1.57 bits per heavy atom. The van der Waals surface area contributed by atoms with Gasteiger partial charge in [0.1, 0.15) is 5.82 Å². The smallest absolute Gasteiger partial charge is 0.155 e. The van der Waals surface area contributed by atoms with Crippen LogP contribution in [0.25, 0.3) is 5.52 Å². The third-order valence-corrected chi connectivity index (χ3v) is 2.49. The van der Waals surface area contributed by atoms with Gasteiger partial charge in [-0.1, -0.05) is 17.7 Å². The molecule has 3 nitrogen and oxygen atoms in total. The molecule has 0 atom stereocenters. The van der Waals surface area contributed by atoms with E-state index in [1.807, 2.05) is 36.7 Å². The predicted molar refractivity (Wildman–Crippen MR) is 57.7 cm³/mol. The monoisotopic (exact) mass is 209 g/mol. The molecule has 14 heavy (non-hydrogen) atoms. The topological polar surface area (TPSA) is 29.3 Å². The van der Waals surface area contributed by atoms with Crippen LogP contribution in [0.15, 0.2) is 18.3 Å². The highest BCUT2D eigenvalue weighted by Crippen LogP contribution is 2.21. The molecule has 2 heterocycles. The quantitative estimate of drug-likeness (QED) is 0.820. The van der Waals surface area contributed by atoms with Gasteiger partial charge in [-0.25, -0.2) is 4.98 Å². The Morgan fingerprint density at radius 3 is 3.07 bits per heavy atom. The van der Waals surface area contributed by atoms with Crippen molar-refractivity contribution in [2.24, 2.45) is 0 Å². The first-order chi connectivity index (χ1) is 6.74. The molecule has 0 aliphatic rings. The molecule has 0 spiro atoms. The molecule has 0 bridgehead atoms. The lowest BCUT2D eigenvalue weighted by Crippen LogP contribution is -2.08. The summed E-state index contributed by atoms with van der Waals surface area (Å²) in [5.74, 6) is 0.941. The maximum Gasteiger partial charge on any atom is 0.155 e. The first-order valence-electron chi connectivity index (χ1n) is 4.50. The highest BCUT2D eigenvalue weighted by atomic mass is 35.5. The van der Waals surface area contributed by atoms with Crippen LogP contribution in [-0.4, -0.2) is 16.4 Å². The molecule has 74 valence electrons. The van der Waals surface area contributed by atoms with Crippen molar-refractivity contribution in [2.75, 3.05) is 7.05 Å². The van der Waals surface area contributed by atoms with Crippen molar-refractivity contribution >= 4 is 17.1 Å². The molecule has 0 saturated heterocycles. The summed E-state index contributed by atoms with van der Waals surface area (Å²) in [6.45, 7) is 2.75. The van der Waals surface area contributed by atoms with Crippen molar-refractivity contribution < 1.29 is 0 Å². The van der Waals surface area contributed by atoms with Crippen LogP contribution in [-0.2, 0) is 6.54 Å². The molecule has 2 rings (SSSR count). The summed E-state index contributed by atoms with van der Waals surface area (Å²) in [4.78, 5) is 4.31. The van der Waals surface area contributed by atoms with E-state index >= 15 is 0 Å². The van der Waals surface area contributed by atoms with E-state index < -0.39 is 0 Å². The fourth-order valence-electron chi connectivity index (χ4n) is 1.60. The Hall–Kier alpha value is -1.06. The van der Waals surface area contributed by atoms with Crippen LogP contribution in [0, 0.1) is 6.92 Å². The van der Waals surface area contributed by atoms with E-state index in [1.165, 1.54) is 0 Å². The van der Waals surface area contributed by atoms with Gasteiger partial charge in [0.15, 0.2) is 5.15 Å². The van der Waals surface area contributed by atoms with Gasteiger partial charge < -0.3 is 9.72 Å². The van der Waals surface area contributed by atoms with Crippen molar-refractivity contribution in [3.05, 3.63) is 34.9 Å². The van der Waals surface area contributed by atoms with E-state index in [0.717, 1.165) is 23.4 Å². The van der Waals surface area contributed by atoms with Crippen molar-refractivity contribution in [3.8, 4) is 0 Å². The molecule has 0 aliphatic heterocycles. The standard InChI is InChI=1S/C10H12ClN3/c1-7-4-3-5-14-8(6-12-2)13-10(11)9(7)14/h3-5,12H,6H2,1-2H3. The van der Waals surface area contributed by atoms with Crippen molar-refractivity contribution in [3.63, 3.8) is 0 Å². The number of fused-ring (bicyclic) bond motifs is 1. The Balaban J connectivity index is 2.71. The van der Waals surface area contributed by atoms with Crippen LogP contribution in [0.5, 0.6) is 0 Å². The Labute approximate surface area is 87.7 Å². The summed E-state index contributed by atoms with van der Waals surface area (Å²) in [5.41, 5.74) is 2.15. The molecular formula is C10H12ClN3. The minimum Gasteiger partial charge on any atom is -0.313 e. The normalized spacial score (nSPS) is 11.1. The first kappa shape index (κ1) is 9.49. The van der Waals surface area contributed by atoms with Crippen LogP contribution >= 0.6 is 11.6 Å². The molecule has 0 radical (unpaired) electrons. The Morgan fingerprint density at radius 2 is 2.36 bits per heavy atom. The lowest BCUT2D eigenvalue weighted by Gasteiger charge is -2.01. The number of nitrogens with zero attached hydrogens (tertiary/aromatic N) is 2. The van der Waals surface area contributed by atoms with Crippen LogP contribution < -0.4 is 5.32 Å². The van der Waals surface area contributed by atoms with Gasteiger partial charge in [-0.15, -0.1) is 0 Å². The zero-order valence-electron chi connectivity index (χ0n) is 8.21. The summed E-state index contributed by atoms with van der Waals surface area (Å²) in [7, 11) is 1.89. The van der Waals surface area contributed by atoms with Crippen LogP contribution in [0.3, 0.4) is 0 Å². The van der Waals surface area contributed by atoms with Gasteiger partial charge in [-0.2, -0.15) is 0 Å². The fourth-order valence-corrected chi connectivity index (χ4v) is 1.93. The lowest BCUT2D eigenvalue weighted by atomic mass is 10.2. The molecular weight excluding hydrogens is 198 g/mol. The molecule has 4 heteroatoms. The number of nitrogens with one attached hydrogen (secondary N) is 1. The Kier molecular flexibility index (Phi) is 2.44. The second-order valence-electron chi connectivity index (χ2n) is 3.26. The number of hydrogen-bond donors (Lipinski definition) is 1. The average Bonchev–Trinajstić information content (AvgIpc) is 2.46. The van der Waals surface area contributed by atoms with Crippen molar-refractivity contribution in [2.45, 2.75) is 13.5 Å². The van der Waals surface area contributed by atoms with Crippen molar-refractivity contribution in [1.29, 1.82) is 0 Å². The maximum atomic E-state index is 6.06. The molecule has 0 fully saturated rings. The van der Waals surface area contributed by atoms with Gasteiger partial charge in [-0.05, 0) is 25.6 Å². The summed E-state index contributed by atoms with van der Waals surface area (Å²) in [5, 5.41) is 3.64. The van der Waals surface area contributed by atoms with Crippen LogP contribution in [0.1, 0.15) is 11.4 Å². The molecule has 2 aromatic rings. The number of aromatic nitrogens is 2. The Bertz CT molecular complexity index is 462. The van der Waals surface area contributed by atoms with E-state index in [4.69, 9.17) is 11.6 Å². The lowest BCUT2D eigenvalue weighted by molar-refractivity contribution is 0.755. The molecule has 1 N–H and O–H groups in total. The highest BCUT2D eigenvalue weighted by molar-refractivity contribution is 6.32. The largest absolute Gasteiger partial charge is 0.313 e. The van der Waals surface area contributed by atoms with E-state index in [9.17, 15) is 0 Å². The molecule has 0 saturated carbocycles. The third kappa shape index (κ3) is 1.38. The minimum atomic E-state index is 0.577. The number of imidazole rings is 1. The number of hydrogen-bond acceptors (Lipinski definition) is 2. The van der Waals surface area contributed by atoms with Gasteiger partial charge in [0, 0.05) is 6.20 Å². The summed E-state index contributed by atoms with van der Waals surface area (Å²) in [6, 6.07) is 4.03. The molecule has 0 aliphatic carbocycles. The van der Waals surface area contributed by atoms with E-state index in [-0.39, 0.29) is 0 Å². The average molecular weight is 210 g/mol. The molecule has 2 aromatic heterocycles. The van der Waals surface area contributed by atoms with Crippen LogP contribution in [0.4, 0.5) is 0 Å². The first-order valence-corrected chi connectivity index (χ1v) is 4.88. The van der Waals surface area contributed by atoms with Gasteiger partial charge in [0.05, 0.1) is 12.1 Å². The number of halogens is 1. The molecule has 0 aromatic carbocycles. The molecule has 0 unspecified atom stereocenters. The zero-order valence-corrected chi connectivity index (χ0v) is 8.97.